The Balaban J connectivity index is 2.69. The molecule has 5 heteroatoms. The third-order valence-electron chi connectivity index (χ3n) is 2.90. The summed E-state index contributed by atoms with van der Waals surface area (Å²) >= 11 is 0. The lowest BCUT2D eigenvalue weighted by molar-refractivity contribution is -0.119. The molecule has 0 bridgehead atoms. The van der Waals surface area contributed by atoms with E-state index in [-0.39, 0.29) is 12.3 Å². The van der Waals surface area contributed by atoms with Crippen molar-refractivity contribution in [1.82, 2.24) is 5.32 Å². The molecule has 2 unspecified atom stereocenters. The summed E-state index contributed by atoms with van der Waals surface area (Å²) in [5, 5.41) is 31.3. The lowest BCUT2D eigenvalue weighted by Gasteiger charge is -2.18. The number of aryl methyl sites for hydroxylation is 1. The Morgan fingerprint density at radius 1 is 1.47 bits per heavy atom. The molecule has 1 rings (SSSR count). The van der Waals surface area contributed by atoms with E-state index in [0.717, 1.165) is 5.56 Å². The summed E-state index contributed by atoms with van der Waals surface area (Å²) in [6.07, 6.45) is -1.81. The van der Waals surface area contributed by atoms with E-state index in [0.29, 0.717) is 17.7 Å². The summed E-state index contributed by atoms with van der Waals surface area (Å²) in [6, 6.07) is 7.03. The minimum absolute atomic E-state index is 0.177. The van der Waals surface area contributed by atoms with Gasteiger partial charge in [-0.25, -0.2) is 0 Å². The minimum atomic E-state index is -1.07. The van der Waals surface area contributed by atoms with Gasteiger partial charge in [-0.05, 0) is 30.5 Å². The van der Waals surface area contributed by atoms with Crippen LogP contribution in [0.3, 0.4) is 0 Å². The highest BCUT2D eigenvalue weighted by atomic mass is 16.3. The number of rotatable bonds is 5. The van der Waals surface area contributed by atoms with Crippen LogP contribution < -0.4 is 5.32 Å². The fourth-order valence-corrected chi connectivity index (χ4v) is 1.72. The second-order valence-corrected chi connectivity index (χ2v) is 4.47. The molecule has 0 saturated heterocycles. The number of carbonyl (C=O) groups excluding carboxylic acids is 1. The second-order valence-electron chi connectivity index (χ2n) is 4.47. The van der Waals surface area contributed by atoms with Gasteiger partial charge in [-0.3, -0.25) is 4.79 Å². The summed E-state index contributed by atoms with van der Waals surface area (Å²) in [5.74, 6) is -0.177. The summed E-state index contributed by atoms with van der Waals surface area (Å²) < 4.78 is 0. The average Bonchev–Trinajstić information content (AvgIpc) is 2.38. The third-order valence-corrected chi connectivity index (χ3v) is 2.90. The van der Waals surface area contributed by atoms with Crippen LogP contribution in [0.25, 0.3) is 0 Å². The molecule has 3 N–H and O–H groups in total. The average molecular weight is 262 g/mol. The first-order valence-electron chi connectivity index (χ1n) is 6.07. The fourth-order valence-electron chi connectivity index (χ4n) is 1.72. The van der Waals surface area contributed by atoms with Gasteiger partial charge < -0.3 is 15.5 Å². The molecule has 0 aliphatic heterocycles. The van der Waals surface area contributed by atoms with Crippen molar-refractivity contribution >= 4 is 5.91 Å². The van der Waals surface area contributed by atoms with Gasteiger partial charge in [-0.2, -0.15) is 5.26 Å². The van der Waals surface area contributed by atoms with Crippen molar-refractivity contribution < 1.29 is 15.0 Å². The number of hydrogen-bond donors (Lipinski definition) is 3. The predicted molar refractivity (Wildman–Crippen MR) is 70.2 cm³/mol. The molecular weight excluding hydrogens is 244 g/mol. The Morgan fingerprint density at radius 2 is 2.16 bits per heavy atom. The van der Waals surface area contributed by atoms with Crippen LogP contribution in [-0.4, -0.2) is 28.8 Å². The van der Waals surface area contributed by atoms with E-state index < -0.39 is 12.2 Å². The maximum absolute atomic E-state index is 10.7. The molecule has 0 aromatic heterocycles. The molecule has 0 radical (unpaired) electrons. The SMILES string of the molecule is CC(=O)NCCC(O)C(O)c1ccc(C)c(C#N)c1. The lowest BCUT2D eigenvalue weighted by atomic mass is 9.98. The number of aliphatic hydroxyl groups is 2. The summed E-state index contributed by atoms with van der Waals surface area (Å²) in [7, 11) is 0. The largest absolute Gasteiger partial charge is 0.390 e. The molecule has 0 aliphatic carbocycles. The zero-order valence-corrected chi connectivity index (χ0v) is 11.1. The van der Waals surface area contributed by atoms with Crippen LogP contribution in [0.1, 0.15) is 36.1 Å². The van der Waals surface area contributed by atoms with E-state index in [1.165, 1.54) is 6.92 Å². The molecular formula is C14H18N2O3. The van der Waals surface area contributed by atoms with Gasteiger partial charge in [0.1, 0.15) is 6.10 Å². The summed E-state index contributed by atoms with van der Waals surface area (Å²) in [4.78, 5) is 10.7. The van der Waals surface area contributed by atoms with Crippen LogP contribution in [0.15, 0.2) is 18.2 Å². The highest BCUT2D eigenvalue weighted by Crippen LogP contribution is 2.21. The van der Waals surface area contributed by atoms with Gasteiger partial charge >= 0.3 is 0 Å². The standard InChI is InChI=1S/C14H18N2O3/c1-9-3-4-11(7-12(9)8-15)14(19)13(18)5-6-16-10(2)17/h3-4,7,13-14,18-19H,5-6H2,1-2H3,(H,16,17). The van der Waals surface area contributed by atoms with Crippen molar-refractivity contribution in [3.8, 4) is 6.07 Å². The van der Waals surface area contributed by atoms with E-state index in [2.05, 4.69) is 5.32 Å². The van der Waals surface area contributed by atoms with Gasteiger partial charge in [-0.15, -0.1) is 0 Å². The second kappa shape index (κ2) is 6.88. The molecule has 0 spiro atoms. The number of nitrogens with one attached hydrogen (secondary N) is 1. The molecule has 1 aromatic carbocycles. The Kier molecular flexibility index (Phi) is 5.49. The van der Waals surface area contributed by atoms with Crippen LogP contribution in [0.2, 0.25) is 0 Å². The molecule has 1 amide bonds. The van der Waals surface area contributed by atoms with Gasteiger partial charge in [-0.1, -0.05) is 12.1 Å². The number of aliphatic hydroxyl groups excluding tert-OH is 2. The topological polar surface area (TPSA) is 93.3 Å². The van der Waals surface area contributed by atoms with E-state index in [1.54, 1.807) is 18.2 Å². The first-order valence-corrected chi connectivity index (χ1v) is 6.07. The van der Waals surface area contributed by atoms with E-state index in [1.807, 2.05) is 13.0 Å². The van der Waals surface area contributed by atoms with E-state index in [4.69, 9.17) is 5.26 Å². The van der Waals surface area contributed by atoms with Crippen molar-refractivity contribution in [3.05, 3.63) is 34.9 Å². The highest BCUT2D eigenvalue weighted by Gasteiger charge is 2.18. The zero-order valence-electron chi connectivity index (χ0n) is 11.1. The number of carbonyl (C=O) groups is 1. The minimum Gasteiger partial charge on any atom is -0.390 e. The van der Waals surface area contributed by atoms with Gasteiger partial charge in [0, 0.05) is 13.5 Å². The zero-order chi connectivity index (χ0) is 14.4. The van der Waals surface area contributed by atoms with Crippen LogP contribution in [0.4, 0.5) is 0 Å². The number of hydrogen-bond acceptors (Lipinski definition) is 4. The number of amides is 1. The summed E-state index contributed by atoms with van der Waals surface area (Å²) in [5.41, 5.74) is 1.80. The van der Waals surface area contributed by atoms with Crippen molar-refractivity contribution in [2.24, 2.45) is 0 Å². The Hall–Kier alpha value is -1.90. The molecule has 0 aliphatic rings. The van der Waals surface area contributed by atoms with Crippen molar-refractivity contribution in [2.45, 2.75) is 32.5 Å². The molecule has 0 saturated carbocycles. The molecule has 1 aromatic rings. The highest BCUT2D eigenvalue weighted by molar-refractivity contribution is 5.72. The normalized spacial score (nSPS) is 13.4. The first kappa shape index (κ1) is 15.2. The molecule has 0 heterocycles. The molecule has 102 valence electrons. The van der Waals surface area contributed by atoms with Crippen LogP contribution in [-0.2, 0) is 4.79 Å². The smallest absolute Gasteiger partial charge is 0.216 e. The van der Waals surface area contributed by atoms with Gasteiger partial charge in [0.2, 0.25) is 5.91 Å². The van der Waals surface area contributed by atoms with Crippen molar-refractivity contribution in [2.75, 3.05) is 6.54 Å². The molecule has 19 heavy (non-hydrogen) atoms. The van der Waals surface area contributed by atoms with Crippen LogP contribution in [0, 0.1) is 18.3 Å². The molecule has 2 atom stereocenters. The maximum atomic E-state index is 10.7. The quantitative estimate of drug-likeness (QED) is 0.731. The van der Waals surface area contributed by atoms with Crippen LogP contribution >= 0.6 is 0 Å². The maximum Gasteiger partial charge on any atom is 0.216 e. The van der Waals surface area contributed by atoms with Gasteiger partial charge in [0.05, 0.1) is 17.7 Å². The Morgan fingerprint density at radius 3 is 2.74 bits per heavy atom. The molecule has 5 nitrogen and oxygen atoms in total. The third kappa shape index (κ3) is 4.36. The predicted octanol–water partition coefficient (Wildman–Crippen LogP) is 0.787. The van der Waals surface area contributed by atoms with Crippen molar-refractivity contribution in [1.29, 1.82) is 5.26 Å². The number of benzene rings is 1. The number of nitriles is 1. The lowest BCUT2D eigenvalue weighted by Crippen LogP contribution is -2.27. The fraction of sp³-hybridized carbons (Fsp3) is 0.429. The number of nitrogens with zero attached hydrogens (tertiary/aromatic N) is 1. The molecule has 0 fully saturated rings. The van der Waals surface area contributed by atoms with Gasteiger partial charge in [0.15, 0.2) is 0 Å². The first-order chi connectivity index (χ1) is 8.95. The van der Waals surface area contributed by atoms with E-state index >= 15 is 0 Å². The monoisotopic (exact) mass is 262 g/mol. The summed E-state index contributed by atoms with van der Waals surface area (Å²) in [6.45, 7) is 3.49. The van der Waals surface area contributed by atoms with Gasteiger partial charge in [0.25, 0.3) is 0 Å². The van der Waals surface area contributed by atoms with Crippen LogP contribution in [0.5, 0.6) is 0 Å². The Labute approximate surface area is 112 Å². The van der Waals surface area contributed by atoms with Crippen molar-refractivity contribution in [3.63, 3.8) is 0 Å². The Bertz CT molecular complexity index is 494. The van der Waals surface area contributed by atoms with E-state index in [9.17, 15) is 15.0 Å².